The van der Waals surface area contributed by atoms with Crippen LogP contribution in [0.1, 0.15) is 23.0 Å². The lowest BCUT2D eigenvalue weighted by molar-refractivity contribution is 0.0990. The van der Waals surface area contributed by atoms with Crippen molar-refractivity contribution in [2.45, 2.75) is 13.3 Å². The Morgan fingerprint density at radius 2 is 1.96 bits per heavy atom. The molecule has 0 saturated carbocycles. The van der Waals surface area contributed by atoms with Gasteiger partial charge in [0.25, 0.3) is 5.91 Å². The predicted octanol–water partition coefficient (Wildman–Crippen LogP) is 5.65. The van der Waals surface area contributed by atoms with Crippen molar-refractivity contribution in [3.8, 4) is 5.75 Å². The summed E-state index contributed by atoms with van der Waals surface area (Å²) in [6, 6.07) is 15.9. The SMILES string of the molecule is CCCN(C(=O)c1cc2cc3cc(OC)ccc3nc2s1)c1ccccc1F. The van der Waals surface area contributed by atoms with Gasteiger partial charge >= 0.3 is 0 Å². The van der Waals surface area contributed by atoms with E-state index >= 15 is 0 Å². The van der Waals surface area contributed by atoms with Crippen LogP contribution < -0.4 is 9.64 Å². The van der Waals surface area contributed by atoms with Crippen molar-refractivity contribution in [1.82, 2.24) is 4.98 Å². The summed E-state index contributed by atoms with van der Waals surface area (Å²) in [5, 5.41) is 1.84. The van der Waals surface area contributed by atoms with Gasteiger partial charge < -0.3 is 9.64 Å². The Morgan fingerprint density at radius 3 is 2.71 bits per heavy atom. The summed E-state index contributed by atoms with van der Waals surface area (Å²) < 4.78 is 19.6. The molecule has 0 atom stereocenters. The van der Waals surface area contributed by atoms with Crippen LogP contribution in [0.4, 0.5) is 10.1 Å². The number of thiophene rings is 1. The number of aromatic nitrogens is 1. The normalized spacial score (nSPS) is 11.1. The van der Waals surface area contributed by atoms with E-state index in [4.69, 9.17) is 4.74 Å². The molecule has 28 heavy (non-hydrogen) atoms. The maximum atomic E-state index is 14.3. The van der Waals surface area contributed by atoms with Gasteiger partial charge in [0.2, 0.25) is 0 Å². The molecule has 4 nitrogen and oxygen atoms in total. The molecule has 0 radical (unpaired) electrons. The Kier molecular flexibility index (Phi) is 4.96. The second-order valence-electron chi connectivity index (χ2n) is 6.46. The first-order valence-electron chi connectivity index (χ1n) is 9.05. The molecule has 0 aliphatic rings. The number of benzene rings is 2. The number of hydrogen-bond donors (Lipinski definition) is 0. The lowest BCUT2D eigenvalue weighted by atomic mass is 10.1. The van der Waals surface area contributed by atoms with E-state index < -0.39 is 5.82 Å². The van der Waals surface area contributed by atoms with Crippen LogP contribution in [-0.2, 0) is 0 Å². The molecule has 0 unspecified atom stereocenters. The van der Waals surface area contributed by atoms with E-state index in [1.165, 1.54) is 22.3 Å². The third-order valence-electron chi connectivity index (χ3n) is 4.55. The Morgan fingerprint density at radius 1 is 1.14 bits per heavy atom. The summed E-state index contributed by atoms with van der Waals surface area (Å²) in [6.07, 6.45) is 0.729. The zero-order valence-corrected chi connectivity index (χ0v) is 16.4. The van der Waals surface area contributed by atoms with Gasteiger partial charge in [-0.2, -0.15) is 0 Å². The van der Waals surface area contributed by atoms with Crippen LogP contribution in [0.5, 0.6) is 5.75 Å². The van der Waals surface area contributed by atoms with E-state index in [9.17, 15) is 9.18 Å². The van der Waals surface area contributed by atoms with Gasteiger partial charge in [-0.15, -0.1) is 11.3 Å². The standard InChI is InChI=1S/C22H19FN2O2S/c1-3-10-25(19-7-5-4-6-17(19)23)22(26)20-13-15-11-14-12-16(27-2)8-9-18(14)24-21(15)28-20/h4-9,11-13H,3,10H2,1-2H3. The number of carbonyl (C=O) groups is 1. The number of amides is 1. The van der Waals surface area contributed by atoms with Gasteiger partial charge in [0.05, 0.1) is 23.2 Å². The molecule has 142 valence electrons. The minimum Gasteiger partial charge on any atom is -0.497 e. The van der Waals surface area contributed by atoms with Gasteiger partial charge in [0, 0.05) is 17.3 Å². The zero-order valence-electron chi connectivity index (χ0n) is 15.6. The average Bonchev–Trinajstić information content (AvgIpc) is 3.13. The van der Waals surface area contributed by atoms with E-state index in [0.717, 1.165) is 33.3 Å². The van der Waals surface area contributed by atoms with Crippen molar-refractivity contribution in [2.24, 2.45) is 0 Å². The highest BCUT2D eigenvalue weighted by molar-refractivity contribution is 7.20. The van der Waals surface area contributed by atoms with E-state index in [1.807, 2.05) is 37.3 Å². The molecule has 2 aromatic carbocycles. The first kappa shape index (κ1) is 18.4. The summed E-state index contributed by atoms with van der Waals surface area (Å²) in [4.78, 5) is 20.7. The van der Waals surface area contributed by atoms with Crippen LogP contribution >= 0.6 is 11.3 Å². The highest BCUT2D eigenvalue weighted by atomic mass is 32.1. The minimum absolute atomic E-state index is 0.211. The fourth-order valence-electron chi connectivity index (χ4n) is 3.20. The number of para-hydroxylation sites is 1. The highest BCUT2D eigenvalue weighted by Gasteiger charge is 2.22. The molecular weight excluding hydrogens is 375 g/mol. The lowest BCUT2D eigenvalue weighted by Crippen LogP contribution is -2.31. The van der Waals surface area contributed by atoms with Crippen LogP contribution in [-0.4, -0.2) is 24.5 Å². The summed E-state index contributed by atoms with van der Waals surface area (Å²) >= 11 is 1.33. The molecule has 0 N–H and O–H groups in total. The maximum absolute atomic E-state index is 14.3. The third-order valence-corrected chi connectivity index (χ3v) is 5.59. The number of nitrogens with zero attached hydrogens (tertiary/aromatic N) is 2. The van der Waals surface area contributed by atoms with Gasteiger partial charge in [-0.1, -0.05) is 19.1 Å². The second-order valence-corrected chi connectivity index (χ2v) is 7.49. The van der Waals surface area contributed by atoms with Crippen molar-refractivity contribution in [3.63, 3.8) is 0 Å². The number of rotatable bonds is 5. The van der Waals surface area contributed by atoms with Gasteiger partial charge in [-0.25, -0.2) is 9.37 Å². The summed E-state index contributed by atoms with van der Waals surface area (Å²) in [7, 11) is 1.62. The molecule has 1 amide bonds. The molecule has 6 heteroatoms. The number of methoxy groups -OCH3 is 1. The Bertz CT molecular complexity index is 1170. The van der Waals surface area contributed by atoms with Gasteiger partial charge in [0.1, 0.15) is 16.4 Å². The maximum Gasteiger partial charge on any atom is 0.268 e. The van der Waals surface area contributed by atoms with E-state index in [-0.39, 0.29) is 5.91 Å². The predicted molar refractivity (Wildman–Crippen MR) is 112 cm³/mol. The Labute approximate surface area is 166 Å². The van der Waals surface area contributed by atoms with E-state index in [2.05, 4.69) is 4.98 Å². The molecule has 2 heterocycles. The minimum atomic E-state index is -0.402. The van der Waals surface area contributed by atoms with Crippen LogP contribution in [0.15, 0.2) is 54.6 Å². The Hall–Kier alpha value is -2.99. The molecule has 0 bridgehead atoms. The molecule has 4 rings (SSSR count). The fraction of sp³-hybridized carbons (Fsp3) is 0.182. The molecule has 0 fully saturated rings. The number of carbonyl (C=O) groups excluding carboxylic acids is 1. The van der Waals surface area contributed by atoms with Crippen molar-refractivity contribution in [3.05, 3.63) is 65.3 Å². The lowest BCUT2D eigenvalue weighted by Gasteiger charge is -2.22. The number of hydrogen-bond acceptors (Lipinski definition) is 4. The van der Waals surface area contributed by atoms with E-state index in [1.54, 1.807) is 25.3 Å². The molecule has 0 aliphatic carbocycles. The van der Waals surface area contributed by atoms with E-state index in [0.29, 0.717) is 17.1 Å². The van der Waals surface area contributed by atoms with Crippen molar-refractivity contribution in [1.29, 1.82) is 0 Å². The van der Waals surface area contributed by atoms with Gasteiger partial charge in [-0.05, 0) is 48.9 Å². The molecule has 4 aromatic rings. The quantitative estimate of drug-likeness (QED) is 0.439. The van der Waals surface area contributed by atoms with Gasteiger partial charge in [-0.3, -0.25) is 4.79 Å². The average molecular weight is 394 g/mol. The number of halogens is 1. The smallest absolute Gasteiger partial charge is 0.268 e. The molecule has 2 aromatic heterocycles. The number of fused-ring (bicyclic) bond motifs is 2. The van der Waals surface area contributed by atoms with Crippen LogP contribution in [0.25, 0.3) is 21.1 Å². The van der Waals surface area contributed by atoms with Crippen LogP contribution in [0.2, 0.25) is 0 Å². The molecule has 0 aliphatic heterocycles. The molecular formula is C22H19FN2O2S. The van der Waals surface area contributed by atoms with Crippen molar-refractivity contribution >= 4 is 44.1 Å². The van der Waals surface area contributed by atoms with Crippen molar-refractivity contribution < 1.29 is 13.9 Å². The number of pyridine rings is 1. The number of anilines is 1. The van der Waals surface area contributed by atoms with Crippen LogP contribution in [0, 0.1) is 5.82 Å². The monoisotopic (exact) mass is 394 g/mol. The summed E-state index contributed by atoms with van der Waals surface area (Å²) in [5.41, 5.74) is 1.14. The first-order chi connectivity index (χ1) is 13.6. The summed E-state index contributed by atoms with van der Waals surface area (Å²) in [5.74, 6) is 0.145. The second kappa shape index (κ2) is 7.56. The largest absolute Gasteiger partial charge is 0.497 e. The summed E-state index contributed by atoms with van der Waals surface area (Å²) in [6.45, 7) is 2.41. The Balaban J connectivity index is 1.77. The molecule has 0 spiro atoms. The topological polar surface area (TPSA) is 42.4 Å². The van der Waals surface area contributed by atoms with Crippen LogP contribution in [0.3, 0.4) is 0 Å². The first-order valence-corrected chi connectivity index (χ1v) is 9.87. The molecule has 0 saturated heterocycles. The van der Waals surface area contributed by atoms with Crippen molar-refractivity contribution in [2.75, 3.05) is 18.6 Å². The highest BCUT2D eigenvalue weighted by Crippen LogP contribution is 2.31. The third kappa shape index (κ3) is 3.31. The fourth-order valence-corrected chi connectivity index (χ4v) is 4.18. The van der Waals surface area contributed by atoms with Gasteiger partial charge in [0.15, 0.2) is 0 Å². The zero-order chi connectivity index (χ0) is 19.7. The number of ether oxygens (including phenoxy) is 1.